The van der Waals surface area contributed by atoms with Gasteiger partial charge in [0.2, 0.25) is 17.7 Å². The second-order valence-electron chi connectivity index (χ2n) is 9.96. The van der Waals surface area contributed by atoms with Crippen LogP contribution < -0.4 is 11.2 Å². The van der Waals surface area contributed by atoms with Gasteiger partial charge in [-0.15, -0.1) is 4.41 Å². The highest BCUT2D eigenvalue weighted by Gasteiger charge is 2.39. The Hall–Kier alpha value is -3.80. The third-order valence-electron chi connectivity index (χ3n) is 7.56. The van der Waals surface area contributed by atoms with Crippen LogP contribution in [0.1, 0.15) is 37.3 Å². The van der Waals surface area contributed by atoms with Crippen LogP contribution in [0.2, 0.25) is 0 Å². The zero-order chi connectivity index (χ0) is 27.6. The molecule has 2 amide bonds. The molecule has 0 radical (unpaired) electrons. The fourth-order valence-corrected chi connectivity index (χ4v) is 6.72. The SMILES string of the molecule is NN([C@H]1CC[C@H](C(=O)N2CC(=O)NC[C@@H]2c2ccccc2)CC1)S(=O)(=O)c1ccc(-c2ccnc(O)c2)cc1. The van der Waals surface area contributed by atoms with Crippen molar-refractivity contribution in [2.45, 2.75) is 42.7 Å². The Morgan fingerprint density at radius 3 is 2.36 bits per heavy atom. The van der Waals surface area contributed by atoms with Crippen LogP contribution in [0.25, 0.3) is 11.1 Å². The van der Waals surface area contributed by atoms with E-state index >= 15 is 0 Å². The van der Waals surface area contributed by atoms with Crippen LogP contribution in [0.15, 0.2) is 77.8 Å². The standard InChI is InChI=1S/C28H31N5O5S/c29-33(39(37,38)24-12-8-19(9-13-24)22-14-15-30-26(34)16-22)23-10-6-21(7-11-23)28(36)32-18-27(35)31-17-25(32)20-4-2-1-3-5-20/h1-5,8-9,12-16,21,23,25H,6-7,10-11,17-18,29H2,(H,30,34)(H,31,35)/t21-,23-,25-/m1/s1. The van der Waals surface area contributed by atoms with Gasteiger partial charge in [-0.05, 0) is 60.6 Å². The predicted molar refractivity (Wildman–Crippen MR) is 144 cm³/mol. The molecule has 11 heteroatoms. The summed E-state index contributed by atoms with van der Waals surface area (Å²) in [4.78, 5) is 31.1. The number of nitrogens with zero attached hydrogens (tertiary/aromatic N) is 3. The molecule has 5 rings (SSSR count). The first kappa shape index (κ1) is 26.8. The molecule has 1 atom stereocenters. The Balaban J connectivity index is 1.24. The number of rotatable bonds is 6. The van der Waals surface area contributed by atoms with Crippen molar-refractivity contribution in [2.24, 2.45) is 11.8 Å². The minimum Gasteiger partial charge on any atom is -0.493 e. The van der Waals surface area contributed by atoms with Crippen LogP contribution in [0.3, 0.4) is 0 Å². The molecule has 1 saturated carbocycles. The number of nitrogens with one attached hydrogen (secondary N) is 1. The number of carbonyl (C=O) groups is 2. The van der Waals surface area contributed by atoms with Crippen molar-refractivity contribution in [1.82, 2.24) is 19.6 Å². The molecule has 204 valence electrons. The number of aromatic hydroxyl groups is 1. The Labute approximate surface area is 227 Å². The van der Waals surface area contributed by atoms with E-state index in [1.807, 2.05) is 30.3 Å². The number of nitrogens with two attached hydrogens (primary N) is 1. The average Bonchev–Trinajstić information content (AvgIpc) is 2.97. The summed E-state index contributed by atoms with van der Waals surface area (Å²) >= 11 is 0. The van der Waals surface area contributed by atoms with Gasteiger partial charge >= 0.3 is 0 Å². The monoisotopic (exact) mass is 549 g/mol. The van der Waals surface area contributed by atoms with E-state index in [2.05, 4.69) is 10.3 Å². The molecule has 1 aromatic heterocycles. The maximum atomic E-state index is 13.5. The number of sulfonamides is 1. The number of benzene rings is 2. The fraction of sp³-hybridized carbons (Fsp3) is 0.321. The van der Waals surface area contributed by atoms with Crippen LogP contribution >= 0.6 is 0 Å². The minimum absolute atomic E-state index is 0.00478. The number of carbonyl (C=O) groups excluding carboxylic acids is 2. The van der Waals surface area contributed by atoms with Gasteiger partial charge in [0.1, 0.15) is 6.54 Å². The number of hydrogen-bond donors (Lipinski definition) is 3. The Morgan fingerprint density at radius 1 is 1.00 bits per heavy atom. The maximum absolute atomic E-state index is 13.5. The number of amides is 2. The summed E-state index contributed by atoms with van der Waals surface area (Å²) in [6.45, 7) is 0.366. The summed E-state index contributed by atoms with van der Waals surface area (Å²) in [5, 5.41) is 12.5. The van der Waals surface area contributed by atoms with Gasteiger partial charge in [0.05, 0.1) is 10.9 Å². The molecule has 1 saturated heterocycles. The van der Waals surface area contributed by atoms with E-state index in [0.29, 0.717) is 37.8 Å². The van der Waals surface area contributed by atoms with Crippen molar-refractivity contribution in [3.8, 4) is 17.0 Å². The first-order chi connectivity index (χ1) is 18.7. The predicted octanol–water partition coefficient (Wildman–Crippen LogP) is 2.58. The van der Waals surface area contributed by atoms with Gasteiger partial charge in [-0.25, -0.2) is 13.4 Å². The second-order valence-corrected chi connectivity index (χ2v) is 11.8. The lowest BCUT2D eigenvalue weighted by Gasteiger charge is -2.40. The van der Waals surface area contributed by atoms with Crippen LogP contribution in [0, 0.1) is 5.92 Å². The van der Waals surface area contributed by atoms with Gasteiger partial charge in [0.25, 0.3) is 10.0 Å². The second kappa shape index (κ2) is 11.1. The van der Waals surface area contributed by atoms with Gasteiger partial charge in [0.15, 0.2) is 0 Å². The lowest BCUT2D eigenvalue weighted by molar-refractivity contribution is -0.145. The topological polar surface area (TPSA) is 146 Å². The molecule has 10 nitrogen and oxygen atoms in total. The number of aromatic nitrogens is 1. The molecule has 2 aromatic carbocycles. The Bertz CT molecular complexity index is 1440. The van der Waals surface area contributed by atoms with E-state index in [0.717, 1.165) is 15.5 Å². The molecular weight excluding hydrogens is 518 g/mol. The Morgan fingerprint density at radius 2 is 1.69 bits per heavy atom. The van der Waals surface area contributed by atoms with Gasteiger partial charge in [-0.1, -0.05) is 42.5 Å². The van der Waals surface area contributed by atoms with Crippen LogP contribution in [0.4, 0.5) is 0 Å². The van der Waals surface area contributed by atoms with E-state index in [-0.39, 0.29) is 41.1 Å². The van der Waals surface area contributed by atoms with Crippen molar-refractivity contribution >= 4 is 21.8 Å². The molecule has 39 heavy (non-hydrogen) atoms. The maximum Gasteiger partial charge on any atom is 0.255 e. The minimum atomic E-state index is -3.95. The van der Waals surface area contributed by atoms with Crippen molar-refractivity contribution in [1.29, 1.82) is 0 Å². The zero-order valence-corrected chi connectivity index (χ0v) is 22.1. The lowest BCUT2D eigenvalue weighted by Crippen LogP contribution is -2.54. The highest BCUT2D eigenvalue weighted by molar-refractivity contribution is 7.89. The molecule has 2 aliphatic rings. The summed E-state index contributed by atoms with van der Waals surface area (Å²) < 4.78 is 27.4. The molecular formula is C28H31N5O5S. The average molecular weight is 550 g/mol. The summed E-state index contributed by atoms with van der Waals surface area (Å²) in [6, 6.07) is 18.5. The normalized spacial score (nSPS) is 21.9. The van der Waals surface area contributed by atoms with Crippen LogP contribution in [0.5, 0.6) is 5.88 Å². The quantitative estimate of drug-likeness (QED) is 0.316. The van der Waals surface area contributed by atoms with Gasteiger partial charge in [0, 0.05) is 30.8 Å². The summed E-state index contributed by atoms with van der Waals surface area (Å²) in [6.07, 6.45) is 3.32. The van der Waals surface area contributed by atoms with E-state index in [4.69, 9.17) is 5.84 Å². The van der Waals surface area contributed by atoms with Crippen molar-refractivity contribution < 1.29 is 23.1 Å². The van der Waals surface area contributed by atoms with Crippen LogP contribution in [-0.2, 0) is 19.6 Å². The molecule has 2 fully saturated rings. The molecule has 1 aliphatic carbocycles. The largest absolute Gasteiger partial charge is 0.493 e. The van der Waals surface area contributed by atoms with Crippen LogP contribution in [-0.4, -0.2) is 58.8 Å². The smallest absolute Gasteiger partial charge is 0.255 e. The van der Waals surface area contributed by atoms with E-state index < -0.39 is 16.1 Å². The zero-order valence-electron chi connectivity index (χ0n) is 21.3. The van der Waals surface area contributed by atoms with Gasteiger partial charge in [-0.3, -0.25) is 15.4 Å². The highest BCUT2D eigenvalue weighted by Crippen LogP contribution is 2.33. The molecule has 0 bridgehead atoms. The number of hydrogen-bond acceptors (Lipinski definition) is 7. The molecule has 2 heterocycles. The molecule has 0 unspecified atom stereocenters. The summed E-state index contributed by atoms with van der Waals surface area (Å²) in [5.41, 5.74) is 2.40. The van der Waals surface area contributed by atoms with Crippen molar-refractivity contribution in [2.75, 3.05) is 13.1 Å². The number of pyridine rings is 1. The van der Waals surface area contributed by atoms with Crippen molar-refractivity contribution in [3.63, 3.8) is 0 Å². The van der Waals surface area contributed by atoms with Gasteiger partial charge < -0.3 is 15.3 Å². The van der Waals surface area contributed by atoms with E-state index in [9.17, 15) is 23.1 Å². The highest BCUT2D eigenvalue weighted by atomic mass is 32.2. The lowest BCUT2D eigenvalue weighted by atomic mass is 9.84. The summed E-state index contributed by atoms with van der Waals surface area (Å²) in [7, 11) is -3.95. The molecule has 1 aliphatic heterocycles. The molecule has 0 spiro atoms. The number of piperazine rings is 1. The fourth-order valence-electron chi connectivity index (χ4n) is 5.39. The first-order valence-corrected chi connectivity index (χ1v) is 14.3. The molecule has 3 aromatic rings. The van der Waals surface area contributed by atoms with Gasteiger partial charge in [-0.2, -0.15) is 0 Å². The molecule has 4 N–H and O–H groups in total. The third kappa shape index (κ3) is 5.65. The summed E-state index contributed by atoms with van der Waals surface area (Å²) in [5.74, 6) is 5.48. The third-order valence-corrected chi connectivity index (χ3v) is 9.29. The van der Waals surface area contributed by atoms with Crippen molar-refractivity contribution in [3.05, 3.63) is 78.5 Å². The Kier molecular flexibility index (Phi) is 7.65. The van der Waals surface area contributed by atoms with E-state index in [1.165, 1.54) is 24.4 Å². The number of hydrazine groups is 1. The van der Waals surface area contributed by atoms with E-state index in [1.54, 1.807) is 23.1 Å². The first-order valence-electron chi connectivity index (χ1n) is 12.9.